The van der Waals surface area contributed by atoms with E-state index in [1.807, 2.05) is 154 Å². The summed E-state index contributed by atoms with van der Waals surface area (Å²) in [4.78, 5) is 98.9. The average molecular weight is 1600 g/mol. The fourth-order valence-corrected chi connectivity index (χ4v) is 10.3. The number of hydrogen-bond donors (Lipinski definition) is 8. The summed E-state index contributed by atoms with van der Waals surface area (Å²) in [5.74, 6) is -5.58. The number of nitrogens with two attached hydrogens (primary N) is 8. The minimum absolute atomic E-state index is 0. The Hall–Kier alpha value is -10.9. The van der Waals surface area contributed by atoms with Crippen LogP contribution < -0.4 is 50.6 Å². The molecule has 20 nitrogen and oxygen atoms in total. The first-order chi connectivity index (χ1) is 51.1. The number of aryl methyl sites for hydroxylation is 2. The Morgan fingerprint density at radius 2 is 0.754 bits per heavy atom. The topological polar surface area (TPSA) is 393 Å². The minimum Gasteiger partial charge on any atom is -0.497 e. The standard InChI is InChI=1S/C12H17NO2.2C12H17NO.C11H14ClNO.C11H14FNO.3C10H13FN2O.CH4/c1-12(2,3)9-5-8(11(13)14)6-10(7-9)15-4;1-8-5-9(11(13)14)7-10(6-8)12(2,3)4;1-8-5-6-9(11(13)14)7-10(8)12(2,3)4;1-11(2,3)8-6-7(10(13)14)4-5-9(8)12;1-11(2,3)8-4-7(10(13)14)5-9(12)6-8;1-10(2,3)6-4-8(9(12)14)13-5-7(6)11;1-10(2,3)7-5-4-6(11)8(13-7)9(12)14;1-10(2,3)8-6(11)4-5-7(13-8)9(12)14;/h5-7H,1-4H3,(H2,13,14);2*5-7H,1-4H3,(H2,13,14);2*4-6H,1-3H3,(H2,13,14);3*4-5H,1-3H3,(H2,12,14);1H4. The number of primary amides is 8. The van der Waals surface area contributed by atoms with Crippen molar-refractivity contribution in [2.75, 3.05) is 7.11 Å². The predicted octanol–water partition coefficient (Wildman–Crippen LogP) is 17.3. The van der Waals surface area contributed by atoms with Gasteiger partial charge in [-0.2, -0.15) is 0 Å². The zero-order valence-electron chi connectivity index (χ0n) is 70.6. The van der Waals surface area contributed by atoms with Crippen molar-refractivity contribution in [3.05, 3.63) is 257 Å². The second-order valence-corrected chi connectivity index (χ2v) is 35.4. The molecule has 3 aromatic heterocycles. The summed E-state index contributed by atoms with van der Waals surface area (Å²) >= 11 is 6.03. The third-order valence-corrected chi connectivity index (χ3v) is 16.9. The molecule has 3 heterocycles. The van der Waals surface area contributed by atoms with Gasteiger partial charge in [-0.05, 0) is 194 Å². The van der Waals surface area contributed by atoms with Crippen LogP contribution in [-0.2, 0) is 43.3 Å². The van der Waals surface area contributed by atoms with E-state index in [1.165, 1.54) is 41.5 Å². The highest BCUT2D eigenvalue weighted by atomic mass is 35.5. The molecule has 8 amide bonds. The quantitative estimate of drug-likeness (QED) is 0.0625. The van der Waals surface area contributed by atoms with Gasteiger partial charge in [-0.25, -0.2) is 32.5 Å². The zero-order valence-corrected chi connectivity index (χ0v) is 71.4. The highest BCUT2D eigenvalue weighted by molar-refractivity contribution is 6.31. The Bertz CT molecular complexity index is 4350. The van der Waals surface area contributed by atoms with Gasteiger partial charge in [-0.1, -0.05) is 203 Å². The van der Waals surface area contributed by atoms with Crippen molar-refractivity contribution in [3.8, 4) is 5.75 Å². The van der Waals surface area contributed by atoms with Crippen molar-refractivity contribution < 1.29 is 60.7 Å². The van der Waals surface area contributed by atoms with Gasteiger partial charge in [-0.3, -0.25) is 38.4 Å². The van der Waals surface area contributed by atoms with Gasteiger partial charge < -0.3 is 50.6 Å². The van der Waals surface area contributed by atoms with E-state index in [0.717, 1.165) is 40.1 Å². The molecule has 0 unspecified atom stereocenters. The number of carbonyl (C=O) groups excluding carboxylic acids is 8. The summed E-state index contributed by atoms with van der Waals surface area (Å²) in [7, 11) is 1.58. The van der Waals surface area contributed by atoms with Crippen LogP contribution >= 0.6 is 11.6 Å². The Balaban J connectivity index is 0.00000128. The third kappa shape index (κ3) is 34.2. The highest BCUT2D eigenvalue weighted by Gasteiger charge is 2.26. The summed E-state index contributed by atoms with van der Waals surface area (Å²) in [6, 6.07) is 32.7. The first-order valence-electron chi connectivity index (χ1n) is 36.0. The van der Waals surface area contributed by atoms with Gasteiger partial charge in [-0.15, -0.1) is 0 Å². The molecule has 622 valence electrons. The van der Waals surface area contributed by atoms with Crippen LogP contribution in [0.3, 0.4) is 0 Å². The molecule has 5 aromatic carbocycles. The number of halogens is 5. The number of benzene rings is 5. The summed E-state index contributed by atoms with van der Waals surface area (Å²) in [5.41, 5.74) is 50.9. The first-order valence-corrected chi connectivity index (χ1v) is 36.4. The van der Waals surface area contributed by atoms with Gasteiger partial charge in [0.2, 0.25) is 29.5 Å². The molecular formula is C89H122ClF4N11O9. The van der Waals surface area contributed by atoms with E-state index in [9.17, 15) is 55.9 Å². The monoisotopic (exact) mass is 1600 g/mol. The van der Waals surface area contributed by atoms with Crippen molar-refractivity contribution in [2.45, 2.75) is 231 Å². The van der Waals surface area contributed by atoms with Crippen LogP contribution in [-0.4, -0.2) is 69.3 Å². The SMILES string of the molecule is C.CC(C)(C)c1cc(C(N)=O)ccc1Cl.CC(C)(C)c1cc(C(N)=O)ncc1F.CC(C)(C)c1cc(F)cc(C(N)=O)c1.CC(C)(C)c1ccc(F)c(C(N)=O)n1.CC(C)(C)c1nc(C(N)=O)ccc1F.COc1cc(C(N)=O)cc(C(C)(C)C)c1.Cc1cc(C(N)=O)cc(C(C)(C)C)c1.Cc1ccc(C(N)=O)cc1C(C)(C)C. The lowest BCUT2D eigenvalue weighted by Crippen LogP contribution is -2.20. The third-order valence-electron chi connectivity index (χ3n) is 16.5. The molecule has 0 bridgehead atoms. The van der Waals surface area contributed by atoms with Gasteiger partial charge in [0.25, 0.3) is 17.7 Å². The maximum Gasteiger partial charge on any atom is 0.270 e. The Morgan fingerprint density at radius 1 is 0.351 bits per heavy atom. The summed E-state index contributed by atoms with van der Waals surface area (Å²) in [5, 5.41) is 0.669. The fourth-order valence-electron chi connectivity index (χ4n) is 9.94. The van der Waals surface area contributed by atoms with Crippen molar-refractivity contribution in [2.24, 2.45) is 45.9 Å². The molecule has 0 aliphatic carbocycles. The number of hydrogen-bond acceptors (Lipinski definition) is 12. The average Bonchev–Trinajstić information content (AvgIpc) is 0.829. The molecule has 8 aromatic rings. The maximum absolute atomic E-state index is 13.3. The number of pyridine rings is 3. The first kappa shape index (κ1) is 103. The van der Waals surface area contributed by atoms with E-state index in [2.05, 4.69) is 83.3 Å². The number of amides is 8. The second-order valence-electron chi connectivity index (χ2n) is 35.0. The van der Waals surface area contributed by atoms with Crippen LogP contribution in [0, 0.1) is 37.1 Å². The largest absolute Gasteiger partial charge is 0.497 e. The Morgan fingerprint density at radius 3 is 1.15 bits per heavy atom. The molecule has 0 radical (unpaired) electrons. The number of nitrogens with zero attached hydrogens (tertiary/aromatic N) is 3. The van der Waals surface area contributed by atoms with Crippen molar-refractivity contribution in [1.29, 1.82) is 0 Å². The Kier molecular flexibility index (Phi) is 37.8. The van der Waals surface area contributed by atoms with E-state index < -0.39 is 64.1 Å². The molecule has 25 heteroatoms. The van der Waals surface area contributed by atoms with Crippen LogP contribution in [0.15, 0.2) is 128 Å². The maximum atomic E-state index is 13.3. The molecule has 0 saturated heterocycles. The van der Waals surface area contributed by atoms with E-state index in [0.29, 0.717) is 44.3 Å². The zero-order chi connectivity index (χ0) is 88.2. The molecule has 0 saturated carbocycles. The summed E-state index contributed by atoms with van der Waals surface area (Å²) < 4.78 is 57.9. The van der Waals surface area contributed by atoms with E-state index in [-0.39, 0.29) is 85.5 Å². The van der Waals surface area contributed by atoms with Gasteiger partial charge in [0.15, 0.2) is 11.5 Å². The van der Waals surface area contributed by atoms with Crippen LogP contribution in [0.5, 0.6) is 5.75 Å². The molecule has 8 rings (SSSR count). The van der Waals surface area contributed by atoms with Crippen molar-refractivity contribution in [3.63, 3.8) is 0 Å². The van der Waals surface area contributed by atoms with E-state index in [1.54, 1.807) is 49.6 Å². The molecule has 16 N–H and O–H groups in total. The Labute approximate surface area is 677 Å². The van der Waals surface area contributed by atoms with Crippen LogP contribution in [0.1, 0.15) is 313 Å². The number of methoxy groups -OCH3 is 1. The number of carbonyl (C=O) groups is 8. The van der Waals surface area contributed by atoms with Crippen LogP contribution in [0.4, 0.5) is 17.6 Å². The van der Waals surface area contributed by atoms with Crippen LogP contribution in [0.2, 0.25) is 5.02 Å². The second kappa shape index (κ2) is 41.8. The number of rotatable bonds is 9. The molecule has 0 spiro atoms. The molecule has 114 heavy (non-hydrogen) atoms. The van der Waals surface area contributed by atoms with Crippen LogP contribution in [0.25, 0.3) is 0 Å². The van der Waals surface area contributed by atoms with Crippen molar-refractivity contribution in [1.82, 2.24) is 15.0 Å². The van der Waals surface area contributed by atoms with Gasteiger partial charge in [0, 0.05) is 49.4 Å². The number of ether oxygens (including phenoxy) is 1. The lowest BCUT2D eigenvalue weighted by atomic mass is 9.83. The summed E-state index contributed by atoms with van der Waals surface area (Å²) in [6.45, 7) is 51.8. The molecule has 0 atom stereocenters. The molecule has 0 aliphatic rings. The fraction of sp³-hybridized carbons (Fsp3) is 0.404. The lowest BCUT2D eigenvalue weighted by molar-refractivity contribution is 0.0983. The molecular weight excluding hydrogens is 1480 g/mol. The smallest absolute Gasteiger partial charge is 0.270 e. The molecule has 0 fully saturated rings. The lowest BCUT2D eigenvalue weighted by Gasteiger charge is -2.22. The highest BCUT2D eigenvalue weighted by Crippen LogP contribution is 2.33. The summed E-state index contributed by atoms with van der Waals surface area (Å²) in [6.07, 6.45) is 1.03. The normalized spacial score (nSPS) is 11.3. The predicted molar refractivity (Wildman–Crippen MR) is 450 cm³/mol. The number of aromatic nitrogens is 3. The molecule has 0 aliphatic heterocycles. The van der Waals surface area contributed by atoms with Crippen molar-refractivity contribution >= 4 is 58.9 Å². The van der Waals surface area contributed by atoms with Gasteiger partial charge in [0.1, 0.15) is 34.6 Å². The van der Waals surface area contributed by atoms with E-state index >= 15 is 0 Å². The van der Waals surface area contributed by atoms with Gasteiger partial charge >= 0.3 is 0 Å². The van der Waals surface area contributed by atoms with Gasteiger partial charge in [0.05, 0.1) is 19.0 Å². The van der Waals surface area contributed by atoms with E-state index in [4.69, 9.17) is 62.2 Å². The minimum atomic E-state index is -0.839.